The van der Waals surface area contributed by atoms with E-state index in [1.54, 1.807) is 36.1 Å². The molecule has 0 aliphatic carbocycles. The van der Waals surface area contributed by atoms with Crippen molar-refractivity contribution in [3.63, 3.8) is 0 Å². The van der Waals surface area contributed by atoms with Gasteiger partial charge in [0.25, 0.3) is 0 Å². The highest BCUT2D eigenvalue weighted by Gasteiger charge is 2.33. The van der Waals surface area contributed by atoms with Crippen LogP contribution >= 0.6 is 0 Å². The second kappa shape index (κ2) is 9.40. The van der Waals surface area contributed by atoms with Gasteiger partial charge in [0.2, 0.25) is 15.9 Å². The highest BCUT2D eigenvalue weighted by Crippen LogP contribution is 2.27. The predicted molar refractivity (Wildman–Crippen MR) is 117 cm³/mol. The molecule has 1 fully saturated rings. The number of imidazole rings is 1. The number of rotatable bonds is 6. The highest BCUT2D eigenvalue weighted by molar-refractivity contribution is 7.89. The van der Waals surface area contributed by atoms with Crippen LogP contribution in [0.4, 0.5) is 8.78 Å². The first-order valence-corrected chi connectivity index (χ1v) is 12.0. The van der Waals surface area contributed by atoms with E-state index in [-0.39, 0.29) is 23.9 Å². The average Bonchev–Trinajstić information content (AvgIpc) is 3.23. The summed E-state index contributed by atoms with van der Waals surface area (Å²) in [6.07, 6.45) is 4.02. The first kappa shape index (κ1) is 23.1. The Morgan fingerprint density at radius 3 is 2.39 bits per heavy atom. The smallest absolute Gasteiger partial charge is 0.243 e. The third-order valence-electron chi connectivity index (χ3n) is 5.86. The van der Waals surface area contributed by atoms with Gasteiger partial charge in [0.15, 0.2) is 0 Å². The van der Waals surface area contributed by atoms with Gasteiger partial charge in [-0.25, -0.2) is 22.2 Å². The standard InChI is InChI=1S/C23H24F2N4O3S/c1-28-14-11-26-22(28)21(17-3-2-4-19(25)15-17)27-23(30)16-9-12-29(13-10-16)33(31,32)20-7-5-18(24)6-8-20/h2-8,11,14-16,21H,9-10,12-13H2,1H3,(H,27,30)/t21-/m1/s1. The fourth-order valence-corrected chi connectivity index (χ4v) is 5.48. The summed E-state index contributed by atoms with van der Waals surface area (Å²) in [5, 5.41) is 2.97. The van der Waals surface area contributed by atoms with Crippen LogP contribution in [0.1, 0.15) is 30.3 Å². The van der Waals surface area contributed by atoms with E-state index in [0.717, 1.165) is 12.1 Å². The molecule has 7 nitrogen and oxygen atoms in total. The molecule has 1 amide bonds. The lowest BCUT2D eigenvalue weighted by Gasteiger charge is -2.31. The Morgan fingerprint density at radius 2 is 1.79 bits per heavy atom. The van der Waals surface area contributed by atoms with Crippen molar-refractivity contribution in [1.82, 2.24) is 19.2 Å². The number of aromatic nitrogens is 2. The van der Waals surface area contributed by atoms with Crippen LogP contribution in [0.15, 0.2) is 65.8 Å². The lowest BCUT2D eigenvalue weighted by molar-refractivity contribution is -0.126. The molecule has 174 valence electrons. The molecular formula is C23H24F2N4O3S. The summed E-state index contributed by atoms with van der Waals surface area (Å²) in [5.74, 6) is -1.01. The molecule has 1 N–H and O–H groups in total. The van der Waals surface area contributed by atoms with Gasteiger partial charge in [0, 0.05) is 38.4 Å². The van der Waals surface area contributed by atoms with Gasteiger partial charge in [-0.1, -0.05) is 12.1 Å². The molecule has 0 unspecified atom stereocenters. The number of aryl methyl sites for hydroxylation is 1. The maximum Gasteiger partial charge on any atom is 0.243 e. The summed E-state index contributed by atoms with van der Waals surface area (Å²) < 4.78 is 55.7. The van der Waals surface area contributed by atoms with Crippen molar-refractivity contribution in [2.45, 2.75) is 23.8 Å². The van der Waals surface area contributed by atoms with Crippen LogP contribution in [0.2, 0.25) is 0 Å². The number of piperidine rings is 1. The lowest BCUT2D eigenvalue weighted by atomic mass is 9.96. The molecule has 1 atom stereocenters. The van der Waals surface area contributed by atoms with Gasteiger partial charge in [0.05, 0.1) is 4.90 Å². The number of carbonyl (C=O) groups excluding carboxylic acids is 1. The molecule has 4 rings (SSSR count). The van der Waals surface area contributed by atoms with E-state index < -0.39 is 33.6 Å². The van der Waals surface area contributed by atoms with Crippen LogP contribution in [-0.4, -0.2) is 41.3 Å². The number of hydrogen-bond acceptors (Lipinski definition) is 4. The fraction of sp³-hybridized carbons (Fsp3) is 0.304. The Bertz CT molecular complexity index is 1240. The number of sulfonamides is 1. The van der Waals surface area contributed by atoms with Gasteiger partial charge in [0.1, 0.15) is 23.5 Å². The number of nitrogens with zero attached hydrogens (tertiary/aromatic N) is 3. The molecule has 0 bridgehead atoms. The van der Waals surface area contributed by atoms with Crippen molar-refractivity contribution in [2.24, 2.45) is 13.0 Å². The maximum absolute atomic E-state index is 13.9. The van der Waals surface area contributed by atoms with Crippen molar-refractivity contribution < 1.29 is 22.0 Å². The van der Waals surface area contributed by atoms with E-state index in [4.69, 9.17) is 0 Å². The molecule has 10 heteroatoms. The quantitative estimate of drug-likeness (QED) is 0.595. The number of halogens is 2. The first-order chi connectivity index (χ1) is 15.8. The SMILES string of the molecule is Cn1ccnc1[C@H](NC(=O)C1CCN(S(=O)(=O)c2ccc(F)cc2)CC1)c1cccc(F)c1. The lowest BCUT2D eigenvalue weighted by Crippen LogP contribution is -2.44. The van der Waals surface area contributed by atoms with Crippen molar-refractivity contribution in [3.8, 4) is 0 Å². The number of nitrogens with one attached hydrogen (secondary N) is 1. The van der Waals surface area contributed by atoms with Crippen LogP contribution in [0.5, 0.6) is 0 Å². The summed E-state index contributed by atoms with van der Waals surface area (Å²) in [5.41, 5.74) is 0.564. The highest BCUT2D eigenvalue weighted by atomic mass is 32.2. The predicted octanol–water partition coefficient (Wildman–Crippen LogP) is 3.00. The van der Waals surface area contributed by atoms with Crippen LogP contribution in [0, 0.1) is 17.6 Å². The van der Waals surface area contributed by atoms with Crippen LogP contribution in [0.3, 0.4) is 0 Å². The molecule has 2 aromatic carbocycles. The summed E-state index contributed by atoms with van der Waals surface area (Å²) in [6.45, 7) is 0.343. The van der Waals surface area contributed by atoms with Crippen LogP contribution in [0.25, 0.3) is 0 Å². The fourth-order valence-electron chi connectivity index (χ4n) is 4.01. The third kappa shape index (κ3) is 4.96. The van der Waals surface area contributed by atoms with E-state index in [0.29, 0.717) is 24.2 Å². The van der Waals surface area contributed by atoms with Gasteiger partial charge in [-0.05, 0) is 54.8 Å². The van der Waals surface area contributed by atoms with Gasteiger partial charge in [-0.2, -0.15) is 4.31 Å². The molecule has 3 aromatic rings. The second-order valence-corrected chi connectivity index (χ2v) is 9.96. The third-order valence-corrected chi connectivity index (χ3v) is 7.77. The minimum atomic E-state index is -3.76. The molecule has 0 saturated carbocycles. The van der Waals surface area contributed by atoms with Gasteiger partial charge in [-0.15, -0.1) is 0 Å². The average molecular weight is 475 g/mol. The Labute approximate surface area is 191 Å². The van der Waals surface area contributed by atoms with Crippen molar-refractivity contribution in [2.75, 3.05) is 13.1 Å². The number of carbonyl (C=O) groups is 1. The summed E-state index contributed by atoms with van der Waals surface area (Å²) >= 11 is 0. The number of benzene rings is 2. The zero-order chi connectivity index (χ0) is 23.6. The minimum absolute atomic E-state index is 0.0211. The summed E-state index contributed by atoms with van der Waals surface area (Å²) in [7, 11) is -1.97. The van der Waals surface area contributed by atoms with Crippen molar-refractivity contribution in [3.05, 3.63) is 83.9 Å². The molecule has 1 aliphatic heterocycles. The monoisotopic (exact) mass is 474 g/mol. The molecule has 1 aromatic heterocycles. The van der Waals surface area contributed by atoms with Crippen molar-refractivity contribution in [1.29, 1.82) is 0 Å². The molecular weight excluding hydrogens is 450 g/mol. The Kier molecular flexibility index (Phi) is 6.57. The Hall–Kier alpha value is -3.11. The van der Waals surface area contributed by atoms with E-state index in [1.807, 2.05) is 0 Å². The number of amides is 1. The molecule has 1 saturated heterocycles. The summed E-state index contributed by atoms with van der Waals surface area (Å²) in [4.78, 5) is 17.4. The van der Waals surface area contributed by atoms with E-state index >= 15 is 0 Å². The van der Waals surface area contributed by atoms with Crippen LogP contribution < -0.4 is 5.32 Å². The summed E-state index contributed by atoms with van der Waals surface area (Å²) in [6, 6.07) is 10.0. The largest absolute Gasteiger partial charge is 0.342 e. The molecule has 33 heavy (non-hydrogen) atoms. The zero-order valence-electron chi connectivity index (χ0n) is 18.0. The topological polar surface area (TPSA) is 84.3 Å². The van der Waals surface area contributed by atoms with Crippen LogP contribution in [-0.2, 0) is 21.9 Å². The van der Waals surface area contributed by atoms with E-state index in [2.05, 4.69) is 10.3 Å². The minimum Gasteiger partial charge on any atom is -0.342 e. The van der Waals surface area contributed by atoms with Gasteiger partial charge < -0.3 is 9.88 Å². The normalized spacial score (nSPS) is 16.5. The van der Waals surface area contributed by atoms with E-state index in [1.165, 1.54) is 28.6 Å². The Morgan fingerprint density at radius 1 is 1.09 bits per heavy atom. The van der Waals surface area contributed by atoms with E-state index in [9.17, 15) is 22.0 Å². The molecule has 1 aliphatic rings. The Balaban J connectivity index is 1.46. The second-order valence-electron chi connectivity index (χ2n) is 8.03. The molecule has 2 heterocycles. The molecule has 0 radical (unpaired) electrons. The van der Waals surface area contributed by atoms with Crippen molar-refractivity contribution >= 4 is 15.9 Å². The molecule has 0 spiro atoms. The van der Waals surface area contributed by atoms with Gasteiger partial charge in [-0.3, -0.25) is 4.79 Å². The first-order valence-electron chi connectivity index (χ1n) is 10.5. The van der Waals surface area contributed by atoms with Gasteiger partial charge >= 0.3 is 0 Å². The maximum atomic E-state index is 13.9. The number of hydrogen-bond donors (Lipinski definition) is 1. The zero-order valence-corrected chi connectivity index (χ0v) is 18.8.